The van der Waals surface area contributed by atoms with Gasteiger partial charge in [0, 0.05) is 21.9 Å². The topological polar surface area (TPSA) is 84.5 Å². The fourth-order valence-electron chi connectivity index (χ4n) is 2.52. The van der Waals surface area contributed by atoms with Gasteiger partial charge in [-0.15, -0.1) is 0 Å². The summed E-state index contributed by atoms with van der Waals surface area (Å²) in [7, 11) is -2.14. The van der Waals surface area contributed by atoms with Crippen LogP contribution in [-0.2, 0) is 14.8 Å². The molecule has 0 aliphatic heterocycles. The van der Waals surface area contributed by atoms with Crippen molar-refractivity contribution in [1.82, 2.24) is 0 Å². The number of methoxy groups -OCH3 is 1. The van der Waals surface area contributed by atoms with E-state index < -0.39 is 10.0 Å². The van der Waals surface area contributed by atoms with Crippen LogP contribution in [0.15, 0.2) is 88.2 Å². The molecule has 0 fully saturated rings. The second-order valence-corrected chi connectivity index (χ2v) is 8.83. The second-order valence-electron chi connectivity index (χ2n) is 6.23. The number of rotatable bonds is 7. The summed E-state index contributed by atoms with van der Waals surface area (Å²) in [6.45, 7) is 0. The van der Waals surface area contributed by atoms with Crippen molar-refractivity contribution in [1.29, 1.82) is 0 Å². The summed E-state index contributed by atoms with van der Waals surface area (Å²) in [6, 6.07) is 20.0. The Morgan fingerprint density at radius 1 is 0.900 bits per heavy atom. The molecule has 0 atom stereocenters. The van der Waals surface area contributed by atoms with Gasteiger partial charge in [0.05, 0.1) is 12.0 Å². The molecule has 0 saturated carbocycles. The molecule has 0 aliphatic rings. The Morgan fingerprint density at radius 3 is 2.10 bits per heavy atom. The molecular weight excluding hydrogens is 468 g/mol. The van der Waals surface area contributed by atoms with Crippen LogP contribution < -0.4 is 14.8 Å². The van der Waals surface area contributed by atoms with E-state index >= 15 is 0 Å². The number of benzene rings is 3. The van der Waals surface area contributed by atoms with Crippen molar-refractivity contribution >= 4 is 49.3 Å². The predicted octanol–water partition coefficient (Wildman–Crippen LogP) is 4.91. The highest BCUT2D eigenvalue weighted by atomic mass is 79.9. The van der Waals surface area contributed by atoms with Crippen LogP contribution in [-0.4, -0.2) is 21.4 Å². The number of hydrogen-bond acceptors (Lipinski definition) is 4. The minimum Gasteiger partial charge on any atom is -0.497 e. The minimum atomic E-state index is -3.73. The molecule has 1 amide bonds. The van der Waals surface area contributed by atoms with E-state index in [0.717, 1.165) is 15.8 Å². The van der Waals surface area contributed by atoms with Crippen LogP contribution in [0.4, 0.5) is 11.4 Å². The Balaban J connectivity index is 1.62. The summed E-state index contributed by atoms with van der Waals surface area (Å²) in [5.74, 6) is 0.413. The first-order chi connectivity index (χ1) is 14.4. The Morgan fingerprint density at radius 2 is 1.50 bits per heavy atom. The van der Waals surface area contributed by atoms with Crippen LogP contribution in [0.1, 0.15) is 5.56 Å². The molecular formula is C22H19BrN2O4S. The van der Waals surface area contributed by atoms with Crippen molar-refractivity contribution in [2.75, 3.05) is 17.1 Å². The van der Waals surface area contributed by atoms with E-state index in [1.165, 1.54) is 30.3 Å². The maximum Gasteiger partial charge on any atom is 0.261 e. The molecule has 8 heteroatoms. The van der Waals surface area contributed by atoms with Crippen LogP contribution in [0.2, 0.25) is 0 Å². The zero-order valence-electron chi connectivity index (χ0n) is 16.0. The van der Waals surface area contributed by atoms with Gasteiger partial charge in [-0.25, -0.2) is 8.42 Å². The van der Waals surface area contributed by atoms with Crippen LogP contribution in [0.25, 0.3) is 6.08 Å². The third-order valence-electron chi connectivity index (χ3n) is 4.07. The van der Waals surface area contributed by atoms with Gasteiger partial charge in [-0.1, -0.05) is 28.1 Å². The van der Waals surface area contributed by atoms with E-state index in [9.17, 15) is 13.2 Å². The Bertz CT molecular complexity index is 1140. The lowest BCUT2D eigenvalue weighted by Crippen LogP contribution is -2.13. The monoisotopic (exact) mass is 486 g/mol. The third kappa shape index (κ3) is 5.95. The number of anilines is 2. The standard InChI is InChI=1S/C22H19BrN2O4S/c1-29-20-11-2-16(3-12-20)4-15-22(26)24-18-9-13-21(14-10-18)30(27,28)25-19-7-5-17(23)6-8-19/h2-15,25H,1H3,(H,24,26)/b15-4+. The van der Waals surface area contributed by atoms with Crippen molar-refractivity contribution in [2.45, 2.75) is 4.90 Å². The number of carbonyl (C=O) groups is 1. The average molecular weight is 487 g/mol. The number of ether oxygens (including phenoxy) is 1. The average Bonchev–Trinajstić information content (AvgIpc) is 2.74. The number of nitrogens with one attached hydrogen (secondary N) is 2. The van der Waals surface area contributed by atoms with E-state index in [0.29, 0.717) is 11.4 Å². The maximum absolute atomic E-state index is 12.5. The number of carbonyl (C=O) groups excluding carboxylic acids is 1. The van der Waals surface area contributed by atoms with Crippen molar-refractivity contribution in [2.24, 2.45) is 0 Å². The Kier molecular flexibility index (Phi) is 6.91. The van der Waals surface area contributed by atoms with E-state index in [1.807, 2.05) is 12.1 Å². The van der Waals surface area contributed by atoms with Crippen LogP contribution in [0.3, 0.4) is 0 Å². The summed E-state index contributed by atoms with van der Waals surface area (Å²) in [4.78, 5) is 12.2. The summed E-state index contributed by atoms with van der Waals surface area (Å²) in [6.07, 6.45) is 3.08. The van der Waals surface area contributed by atoms with Crippen molar-refractivity contribution in [3.05, 3.63) is 88.9 Å². The lowest BCUT2D eigenvalue weighted by atomic mass is 10.2. The van der Waals surface area contributed by atoms with E-state index in [1.54, 1.807) is 49.6 Å². The molecule has 0 heterocycles. The van der Waals surface area contributed by atoms with Gasteiger partial charge in [0.15, 0.2) is 0 Å². The molecule has 3 aromatic rings. The molecule has 0 spiro atoms. The molecule has 3 aromatic carbocycles. The fraction of sp³-hybridized carbons (Fsp3) is 0.0455. The number of amides is 1. The highest BCUT2D eigenvalue weighted by Crippen LogP contribution is 2.20. The molecule has 0 bridgehead atoms. The highest BCUT2D eigenvalue weighted by molar-refractivity contribution is 9.10. The van der Waals surface area contributed by atoms with Crippen LogP contribution in [0.5, 0.6) is 5.75 Å². The van der Waals surface area contributed by atoms with Crippen LogP contribution >= 0.6 is 15.9 Å². The largest absolute Gasteiger partial charge is 0.497 e. The number of sulfonamides is 1. The van der Waals surface area contributed by atoms with Gasteiger partial charge >= 0.3 is 0 Å². The van der Waals surface area contributed by atoms with Gasteiger partial charge in [0.2, 0.25) is 5.91 Å². The fourth-order valence-corrected chi connectivity index (χ4v) is 3.84. The highest BCUT2D eigenvalue weighted by Gasteiger charge is 2.14. The number of halogens is 1. The molecule has 0 aromatic heterocycles. The lowest BCUT2D eigenvalue weighted by Gasteiger charge is -2.09. The van der Waals surface area contributed by atoms with Gasteiger partial charge in [-0.2, -0.15) is 0 Å². The number of hydrogen-bond donors (Lipinski definition) is 2. The summed E-state index contributed by atoms with van der Waals surface area (Å²) in [5, 5.41) is 2.70. The second kappa shape index (κ2) is 9.60. The van der Waals surface area contributed by atoms with Gasteiger partial charge < -0.3 is 10.1 Å². The van der Waals surface area contributed by atoms with Crippen molar-refractivity contribution in [3.8, 4) is 5.75 Å². The molecule has 0 aliphatic carbocycles. The maximum atomic E-state index is 12.5. The predicted molar refractivity (Wildman–Crippen MR) is 122 cm³/mol. The zero-order valence-corrected chi connectivity index (χ0v) is 18.4. The van der Waals surface area contributed by atoms with Crippen molar-refractivity contribution < 1.29 is 17.9 Å². The summed E-state index contributed by atoms with van der Waals surface area (Å²) >= 11 is 3.31. The molecule has 30 heavy (non-hydrogen) atoms. The minimum absolute atomic E-state index is 0.0946. The van der Waals surface area contributed by atoms with Gasteiger partial charge in [-0.05, 0) is 72.3 Å². The van der Waals surface area contributed by atoms with E-state index in [-0.39, 0.29) is 10.8 Å². The molecule has 3 rings (SSSR count). The van der Waals surface area contributed by atoms with Crippen LogP contribution in [0, 0.1) is 0 Å². The van der Waals surface area contributed by atoms with Gasteiger partial charge in [0.1, 0.15) is 5.75 Å². The molecule has 0 saturated heterocycles. The normalized spacial score (nSPS) is 11.3. The van der Waals surface area contributed by atoms with E-state index in [4.69, 9.17) is 4.74 Å². The summed E-state index contributed by atoms with van der Waals surface area (Å²) < 4.78 is 33.4. The molecule has 0 unspecified atom stereocenters. The van der Waals surface area contributed by atoms with Crippen molar-refractivity contribution in [3.63, 3.8) is 0 Å². The third-order valence-corrected chi connectivity index (χ3v) is 6.00. The first-order valence-electron chi connectivity index (χ1n) is 8.87. The zero-order chi connectivity index (χ0) is 21.6. The van der Waals surface area contributed by atoms with E-state index in [2.05, 4.69) is 26.0 Å². The van der Waals surface area contributed by atoms with Gasteiger partial charge in [-0.3, -0.25) is 9.52 Å². The quantitative estimate of drug-likeness (QED) is 0.464. The Hall–Kier alpha value is -3.10. The summed E-state index contributed by atoms with van der Waals surface area (Å²) in [5.41, 5.74) is 1.80. The smallest absolute Gasteiger partial charge is 0.261 e. The first kappa shape index (κ1) is 21.6. The SMILES string of the molecule is COc1ccc(/C=C/C(=O)Nc2ccc(S(=O)(=O)Nc3ccc(Br)cc3)cc2)cc1. The first-order valence-corrected chi connectivity index (χ1v) is 11.1. The molecule has 2 N–H and O–H groups in total. The molecule has 154 valence electrons. The molecule has 6 nitrogen and oxygen atoms in total. The van der Waals surface area contributed by atoms with Gasteiger partial charge in [0.25, 0.3) is 10.0 Å². The Labute approximate surface area is 183 Å². The molecule has 0 radical (unpaired) electrons. The lowest BCUT2D eigenvalue weighted by molar-refractivity contribution is -0.111.